The van der Waals surface area contributed by atoms with Gasteiger partial charge in [0.15, 0.2) is 0 Å². The predicted molar refractivity (Wildman–Crippen MR) is 112 cm³/mol. The van der Waals surface area contributed by atoms with E-state index in [-0.39, 0.29) is 24.5 Å². The first kappa shape index (κ1) is 20.0. The number of hydrogen-bond donors (Lipinski definition) is 1. The molecule has 2 atom stereocenters. The molecule has 7 heteroatoms. The standard InChI is InChI=1S/C20H24N2O3S2/c1-14(18(24)21-11-6-5-9-16(21)10-12-23)22-19(25)17(27-20(22)26)13-15-7-3-2-4-8-15/h2-4,7-8,13-14,16,23H,5-6,9-12H2,1H3. The van der Waals surface area contributed by atoms with Crippen LogP contribution in [-0.4, -0.2) is 56.3 Å². The number of amides is 2. The van der Waals surface area contributed by atoms with Crippen molar-refractivity contribution in [3.8, 4) is 0 Å². The Balaban J connectivity index is 1.76. The van der Waals surface area contributed by atoms with Crippen LogP contribution in [0.1, 0.15) is 38.2 Å². The van der Waals surface area contributed by atoms with Crippen molar-refractivity contribution in [1.82, 2.24) is 9.80 Å². The normalized spacial score (nSPS) is 23.2. The number of thioether (sulfide) groups is 1. The van der Waals surface area contributed by atoms with Gasteiger partial charge in [-0.1, -0.05) is 54.3 Å². The average molecular weight is 405 g/mol. The van der Waals surface area contributed by atoms with E-state index in [2.05, 4.69) is 0 Å². The Hall–Kier alpha value is -1.70. The molecule has 0 radical (unpaired) electrons. The van der Waals surface area contributed by atoms with Crippen molar-refractivity contribution >= 4 is 46.2 Å². The molecular weight excluding hydrogens is 380 g/mol. The zero-order chi connectivity index (χ0) is 19.4. The number of thiocarbonyl (C=S) groups is 1. The average Bonchev–Trinajstić information content (AvgIpc) is 2.95. The fourth-order valence-corrected chi connectivity index (χ4v) is 5.02. The Morgan fingerprint density at radius 2 is 2.11 bits per heavy atom. The molecule has 3 rings (SSSR count). The molecule has 0 saturated carbocycles. The molecule has 2 aliphatic heterocycles. The van der Waals surface area contributed by atoms with Crippen molar-refractivity contribution < 1.29 is 14.7 Å². The van der Waals surface area contributed by atoms with E-state index in [1.807, 2.05) is 41.3 Å². The predicted octanol–water partition coefficient (Wildman–Crippen LogP) is 3.04. The summed E-state index contributed by atoms with van der Waals surface area (Å²) in [4.78, 5) is 29.8. The molecule has 2 aliphatic rings. The van der Waals surface area contributed by atoms with Gasteiger partial charge < -0.3 is 10.0 Å². The summed E-state index contributed by atoms with van der Waals surface area (Å²) in [6, 6.07) is 9.00. The minimum Gasteiger partial charge on any atom is -0.396 e. The first-order valence-electron chi connectivity index (χ1n) is 9.26. The topological polar surface area (TPSA) is 60.9 Å². The number of benzene rings is 1. The van der Waals surface area contributed by atoms with Crippen LogP contribution in [0, 0.1) is 0 Å². The number of hydrogen-bond acceptors (Lipinski definition) is 5. The van der Waals surface area contributed by atoms with Crippen LogP contribution in [0.2, 0.25) is 0 Å². The Kier molecular flexibility index (Phi) is 6.68. The third kappa shape index (κ3) is 4.42. The van der Waals surface area contributed by atoms with Crippen molar-refractivity contribution in [3.63, 3.8) is 0 Å². The van der Waals surface area contributed by atoms with Gasteiger partial charge in [0, 0.05) is 19.2 Å². The number of carbonyl (C=O) groups is 2. The molecule has 144 valence electrons. The first-order valence-corrected chi connectivity index (χ1v) is 10.5. The van der Waals surface area contributed by atoms with Gasteiger partial charge in [0.1, 0.15) is 10.4 Å². The number of likely N-dealkylation sites (tertiary alicyclic amines) is 1. The van der Waals surface area contributed by atoms with Crippen LogP contribution in [0.3, 0.4) is 0 Å². The van der Waals surface area contributed by atoms with E-state index in [0.29, 0.717) is 22.2 Å². The van der Waals surface area contributed by atoms with E-state index >= 15 is 0 Å². The van der Waals surface area contributed by atoms with E-state index in [4.69, 9.17) is 12.2 Å². The number of carbonyl (C=O) groups excluding carboxylic acids is 2. The third-order valence-corrected chi connectivity index (χ3v) is 6.37. The zero-order valence-corrected chi connectivity index (χ0v) is 17.0. The molecule has 2 amide bonds. The second kappa shape index (κ2) is 8.99. The highest BCUT2D eigenvalue weighted by atomic mass is 32.2. The molecule has 1 aromatic carbocycles. The molecule has 2 fully saturated rings. The second-order valence-electron chi connectivity index (χ2n) is 6.83. The summed E-state index contributed by atoms with van der Waals surface area (Å²) in [6.07, 6.45) is 5.29. The summed E-state index contributed by atoms with van der Waals surface area (Å²) < 4.78 is 0.416. The van der Waals surface area contributed by atoms with Crippen molar-refractivity contribution in [2.45, 2.75) is 44.7 Å². The lowest BCUT2D eigenvalue weighted by Crippen LogP contribution is -2.53. The van der Waals surface area contributed by atoms with Crippen LogP contribution in [0.25, 0.3) is 6.08 Å². The monoisotopic (exact) mass is 404 g/mol. The summed E-state index contributed by atoms with van der Waals surface area (Å²) in [7, 11) is 0. The van der Waals surface area contributed by atoms with E-state index in [1.54, 1.807) is 6.92 Å². The second-order valence-corrected chi connectivity index (χ2v) is 8.51. The van der Waals surface area contributed by atoms with E-state index < -0.39 is 6.04 Å². The Morgan fingerprint density at radius 1 is 1.37 bits per heavy atom. The van der Waals surface area contributed by atoms with Crippen molar-refractivity contribution in [3.05, 3.63) is 40.8 Å². The van der Waals surface area contributed by atoms with Crippen LogP contribution < -0.4 is 0 Å². The number of nitrogens with zero attached hydrogens (tertiary/aromatic N) is 2. The van der Waals surface area contributed by atoms with Gasteiger partial charge in [-0.05, 0) is 44.2 Å². The van der Waals surface area contributed by atoms with Gasteiger partial charge in [0.25, 0.3) is 5.91 Å². The van der Waals surface area contributed by atoms with Gasteiger partial charge in [0.05, 0.1) is 4.91 Å². The molecule has 0 aromatic heterocycles. The van der Waals surface area contributed by atoms with Crippen LogP contribution in [0.4, 0.5) is 0 Å². The fraction of sp³-hybridized carbons (Fsp3) is 0.450. The van der Waals surface area contributed by atoms with Crippen molar-refractivity contribution in [2.24, 2.45) is 0 Å². The first-order chi connectivity index (χ1) is 13.0. The summed E-state index contributed by atoms with van der Waals surface area (Å²) in [6.45, 7) is 2.47. The lowest BCUT2D eigenvalue weighted by atomic mass is 9.98. The number of rotatable bonds is 5. The fourth-order valence-electron chi connectivity index (χ4n) is 3.60. The maximum absolute atomic E-state index is 13.1. The molecule has 1 N–H and O–H groups in total. The van der Waals surface area contributed by atoms with Crippen LogP contribution >= 0.6 is 24.0 Å². The van der Waals surface area contributed by atoms with Gasteiger partial charge in [0.2, 0.25) is 5.91 Å². The number of piperidine rings is 1. The summed E-state index contributed by atoms with van der Waals surface area (Å²) >= 11 is 6.64. The highest BCUT2D eigenvalue weighted by Gasteiger charge is 2.40. The van der Waals surface area contributed by atoms with Gasteiger partial charge in [-0.2, -0.15) is 0 Å². The number of aliphatic hydroxyl groups excluding tert-OH is 1. The highest BCUT2D eigenvalue weighted by molar-refractivity contribution is 8.26. The highest BCUT2D eigenvalue weighted by Crippen LogP contribution is 2.34. The molecule has 2 heterocycles. The molecule has 0 spiro atoms. The maximum Gasteiger partial charge on any atom is 0.266 e. The van der Waals surface area contributed by atoms with Crippen LogP contribution in [0.15, 0.2) is 35.2 Å². The van der Waals surface area contributed by atoms with E-state index in [1.165, 1.54) is 16.7 Å². The largest absolute Gasteiger partial charge is 0.396 e. The molecule has 1 aromatic rings. The quantitative estimate of drug-likeness (QED) is 0.604. The van der Waals surface area contributed by atoms with E-state index in [0.717, 1.165) is 24.8 Å². The molecule has 5 nitrogen and oxygen atoms in total. The van der Waals surface area contributed by atoms with Crippen LogP contribution in [0.5, 0.6) is 0 Å². The van der Waals surface area contributed by atoms with Gasteiger partial charge in [-0.25, -0.2) is 0 Å². The van der Waals surface area contributed by atoms with Crippen LogP contribution in [-0.2, 0) is 9.59 Å². The molecule has 2 saturated heterocycles. The molecule has 0 bridgehead atoms. The van der Waals surface area contributed by atoms with Crippen molar-refractivity contribution in [2.75, 3.05) is 13.2 Å². The summed E-state index contributed by atoms with van der Waals surface area (Å²) in [5.74, 6) is -0.309. The van der Waals surface area contributed by atoms with E-state index in [9.17, 15) is 14.7 Å². The Bertz CT molecular complexity index is 749. The number of aliphatic hydroxyl groups is 1. The minimum atomic E-state index is -0.640. The maximum atomic E-state index is 13.1. The SMILES string of the molecule is CC(C(=O)N1CCCCC1CCO)N1C(=O)C(=Cc2ccccc2)SC1=S. The molecular formula is C20H24N2O3S2. The van der Waals surface area contributed by atoms with Crippen molar-refractivity contribution in [1.29, 1.82) is 0 Å². The van der Waals surface area contributed by atoms with Gasteiger partial charge in [-0.3, -0.25) is 14.5 Å². The molecule has 27 heavy (non-hydrogen) atoms. The lowest BCUT2D eigenvalue weighted by Gasteiger charge is -2.38. The Labute approximate surface area is 169 Å². The van der Waals surface area contributed by atoms with Gasteiger partial charge in [-0.15, -0.1) is 0 Å². The molecule has 2 unspecified atom stereocenters. The summed E-state index contributed by atoms with van der Waals surface area (Å²) in [5, 5.41) is 9.29. The van der Waals surface area contributed by atoms with Gasteiger partial charge >= 0.3 is 0 Å². The minimum absolute atomic E-state index is 0.0389. The Morgan fingerprint density at radius 3 is 2.81 bits per heavy atom. The smallest absolute Gasteiger partial charge is 0.266 e. The molecule has 0 aliphatic carbocycles. The lowest BCUT2D eigenvalue weighted by molar-refractivity contribution is -0.142. The summed E-state index contributed by atoms with van der Waals surface area (Å²) in [5.41, 5.74) is 0.927. The zero-order valence-electron chi connectivity index (χ0n) is 15.3. The third-order valence-electron chi connectivity index (χ3n) is 5.04.